The number of rotatable bonds is 45. The number of carbonyl (C=O) groups excluding carboxylic acids is 1. The van der Waals surface area contributed by atoms with Gasteiger partial charge >= 0.3 is 7.82 Å². The Labute approximate surface area is 357 Å². The molecule has 0 saturated heterocycles. The number of hydrogen-bond acceptors (Lipinski definition) is 7. The van der Waals surface area contributed by atoms with Gasteiger partial charge in [0.25, 0.3) is 0 Å². The van der Waals surface area contributed by atoms with Gasteiger partial charge in [-0.3, -0.25) is 13.8 Å². The number of aliphatic hydroxyl groups excluding tert-OH is 2. The van der Waals surface area contributed by atoms with Crippen LogP contribution in [0.25, 0.3) is 0 Å². The third-order valence-corrected chi connectivity index (χ3v) is 11.7. The number of nitrogens with one attached hydrogen (secondary N) is 1. The molecule has 6 N–H and O–H groups in total. The number of nitrogens with two attached hydrogens (primary N) is 1. The fraction of sp³-hybridized carbons (Fsp3) is 0.854. The number of allylic oxidation sites excluding steroid dienone is 5. The van der Waals surface area contributed by atoms with E-state index in [2.05, 4.69) is 43.5 Å². The lowest BCUT2D eigenvalue weighted by Crippen LogP contribution is -2.46. The second kappa shape index (κ2) is 43.8. The Morgan fingerprint density at radius 2 is 0.983 bits per heavy atom. The molecule has 0 spiro atoms. The zero-order valence-electron chi connectivity index (χ0n) is 37.7. The summed E-state index contributed by atoms with van der Waals surface area (Å²) in [5.41, 5.74) is 5.37. The van der Waals surface area contributed by atoms with Gasteiger partial charge in [-0.25, -0.2) is 4.57 Å². The van der Waals surface area contributed by atoms with Crippen molar-refractivity contribution >= 4 is 13.7 Å². The lowest BCUT2D eigenvalue weighted by molar-refractivity contribution is -0.124. The predicted octanol–water partition coefficient (Wildman–Crippen LogP) is 12.9. The molecule has 0 heterocycles. The fourth-order valence-electron chi connectivity index (χ4n) is 7.07. The minimum Gasteiger partial charge on any atom is -0.393 e. The van der Waals surface area contributed by atoms with Gasteiger partial charge in [0, 0.05) is 6.54 Å². The largest absolute Gasteiger partial charge is 0.472 e. The third-order valence-electron chi connectivity index (χ3n) is 10.7. The zero-order valence-corrected chi connectivity index (χ0v) is 38.5. The number of carbonyl (C=O) groups is 1. The molecule has 0 aromatic rings. The Bertz CT molecular complexity index is 1020. The van der Waals surface area contributed by atoms with Crippen LogP contribution in [0.3, 0.4) is 0 Å². The molecule has 0 aliphatic rings. The molecule has 1 amide bonds. The Balaban J connectivity index is 4.31. The van der Waals surface area contributed by atoms with Gasteiger partial charge in [0.05, 0.1) is 37.9 Å². The summed E-state index contributed by atoms with van der Waals surface area (Å²) in [6.45, 7) is 3.96. The molecular weight excluding hydrogens is 748 g/mol. The quantitative estimate of drug-likeness (QED) is 0.0231. The van der Waals surface area contributed by atoms with Crippen molar-refractivity contribution in [2.45, 2.75) is 244 Å². The van der Waals surface area contributed by atoms with Crippen LogP contribution in [0.4, 0.5) is 0 Å². The Hall–Kier alpha value is -1.32. The monoisotopic (exact) mass is 841 g/mol. The van der Waals surface area contributed by atoms with Gasteiger partial charge in [0.1, 0.15) is 0 Å². The van der Waals surface area contributed by atoms with Gasteiger partial charge in [0.2, 0.25) is 5.91 Å². The number of aliphatic hydroxyl groups is 2. The molecule has 0 radical (unpaired) electrons. The summed E-state index contributed by atoms with van der Waals surface area (Å²) in [4.78, 5) is 22.8. The molecule has 10 heteroatoms. The number of phosphoric ester groups is 1. The van der Waals surface area contributed by atoms with Crippen LogP contribution in [0.2, 0.25) is 0 Å². The highest BCUT2D eigenvalue weighted by Crippen LogP contribution is 2.43. The van der Waals surface area contributed by atoms with Crippen molar-refractivity contribution in [1.29, 1.82) is 0 Å². The van der Waals surface area contributed by atoms with Crippen molar-refractivity contribution in [2.24, 2.45) is 5.73 Å². The molecule has 0 aliphatic carbocycles. The van der Waals surface area contributed by atoms with Crippen molar-refractivity contribution in [1.82, 2.24) is 5.32 Å². The topological polar surface area (TPSA) is 151 Å². The number of hydrogen-bond donors (Lipinski definition) is 5. The second-order valence-corrected chi connectivity index (χ2v) is 18.0. The molecule has 0 saturated carbocycles. The van der Waals surface area contributed by atoms with Gasteiger partial charge in [-0.05, 0) is 57.8 Å². The molecule has 0 aliphatic heterocycles. The smallest absolute Gasteiger partial charge is 0.393 e. The summed E-state index contributed by atoms with van der Waals surface area (Å²) in [7, 11) is -4.41. The summed E-state index contributed by atoms with van der Waals surface area (Å²) in [5.74, 6) is -0.463. The number of amides is 1. The molecule has 9 nitrogen and oxygen atoms in total. The van der Waals surface area contributed by atoms with Crippen LogP contribution in [0.15, 0.2) is 36.5 Å². The average Bonchev–Trinajstić information content (AvgIpc) is 3.20. The Kier molecular flexibility index (Phi) is 42.8. The molecule has 4 unspecified atom stereocenters. The van der Waals surface area contributed by atoms with Crippen LogP contribution in [-0.2, 0) is 18.4 Å². The molecule has 0 fully saturated rings. The summed E-state index contributed by atoms with van der Waals surface area (Å²) in [5, 5.41) is 24.1. The van der Waals surface area contributed by atoms with E-state index < -0.39 is 38.6 Å². The van der Waals surface area contributed by atoms with Crippen LogP contribution in [0.1, 0.15) is 226 Å². The predicted molar refractivity (Wildman–Crippen MR) is 246 cm³/mol. The lowest BCUT2D eigenvalue weighted by Gasteiger charge is -2.24. The van der Waals surface area contributed by atoms with Crippen LogP contribution in [0.5, 0.6) is 0 Å². The normalized spacial score (nSPS) is 14.8. The summed E-state index contributed by atoms with van der Waals surface area (Å²) in [6, 6.07) is -1.00. The average molecular weight is 841 g/mol. The van der Waals surface area contributed by atoms with Crippen molar-refractivity contribution < 1.29 is 33.5 Å². The minimum absolute atomic E-state index is 0.0430. The van der Waals surface area contributed by atoms with E-state index in [0.29, 0.717) is 12.8 Å². The van der Waals surface area contributed by atoms with Crippen molar-refractivity contribution in [3.63, 3.8) is 0 Å². The van der Waals surface area contributed by atoms with Crippen molar-refractivity contribution in [2.75, 3.05) is 19.8 Å². The first-order valence-corrected chi connectivity index (χ1v) is 25.7. The van der Waals surface area contributed by atoms with E-state index in [1.807, 2.05) is 6.08 Å². The molecule has 0 aromatic carbocycles. The van der Waals surface area contributed by atoms with Crippen LogP contribution in [0, 0.1) is 0 Å². The first-order valence-electron chi connectivity index (χ1n) is 24.2. The molecule has 58 heavy (non-hydrogen) atoms. The van der Waals surface area contributed by atoms with Gasteiger partial charge in [-0.1, -0.05) is 198 Å². The van der Waals surface area contributed by atoms with E-state index in [1.54, 1.807) is 6.08 Å². The Morgan fingerprint density at radius 1 is 0.586 bits per heavy atom. The highest BCUT2D eigenvalue weighted by Gasteiger charge is 2.27. The van der Waals surface area contributed by atoms with Crippen molar-refractivity contribution in [3.8, 4) is 0 Å². The maximum absolute atomic E-state index is 12.8. The van der Waals surface area contributed by atoms with E-state index in [9.17, 15) is 24.5 Å². The van der Waals surface area contributed by atoms with E-state index in [4.69, 9.17) is 14.8 Å². The molecule has 342 valence electrons. The maximum Gasteiger partial charge on any atom is 0.472 e. The molecule has 0 aromatic heterocycles. The van der Waals surface area contributed by atoms with E-state index >= 15 is 0 Å². The van der Waals surface area contributed by atoms with E-state index in [1.165, 1.54) is 148 Å². The number of unbranched alkanes of at least 4 members (excludes halogenated alkanes) is 27. The molecule has 0 rings (SSSR count). The molecule has 0 bridgehead atoms. The van der Waals surface area contributed by atoms with E-state index in [-0.39, 0.29) is 19.6 Å². The minimum atomic E-state index is -4.41. The summed E-state index contributed by atoms with van der Waals surface area (Å²) >= 11 is 0. The maximum atomic E-state index is 12.8. The highest BCUT2D eigenvalue weighted by molar-refractivity contribution is 7.47. The number of phosphoric acid groups is 1. The summed E-state index contributed by atoms with van der Waals surface area (Å²) in [6.07, 6.45) is 49.5. The Morgan fingerprint density at radius 3 is 1.43 bits per heavy atom. The second-order valence-electron chi connectivity index (χ2n) is 16.5. The van der Waals surface area contributed by atoms with Crippen molar-refractivity contribution in [3.05, 3.63) is 36.5 Å². The summed E-state index contributed by atoms with van der Waals surface area (Å²) < 4.78 is 22.1. The van der Waals surface area contributed by atoms with Crippen LogP contribution < -0.4 is 11.1 Å². The SMILES string of the molecule is CCCCCCCCCCC/C=C\CCCCCC(O)CC(=O)NC(COP(=O)(O)OCCN)C(O)/C=C/CC/C=C/CCCCCCCCCCCCCCCC. The first-order chi connectivity index (χ1) is 28.3. The van der Waals surface area contributed by atoms with Gasteiger partial charge in [0.15, 0.2) is 0 Å². The van der Waals surface area contributed by atoms with Gasteiger partial charge < -0.3 is 26.2 Å². The van der Waals surface area contributed by atoms with Gasteiger partial charge in [-0.2, -0.15) is 0 Å². The van der Waals surface area contributed by atoms with Gasteiger partial charge in [-0.15, -0.1) is 0 Å². The zero-order chi connectivity index (χ0) is 42.6. The fourth-order valence-corrected chi connectivity index (χ4v) is 7.83. The first kappa shape index (κ1) is 56.7. The van der Waals surface area contributed by atoms with Crippen LogP contribution >= 0.6 is 7.82 Å². The van der Waals surface area contributed by atoms with Crippen LogP contribution in [-0.4, -0.2) is 59.0 Å². The van der Waals surface area contributed by atoms with E-state index in [0.717, 1.165) is 44.9 Å². The molecular formula is C48H93N2O7P. The molecule has 4 atom stereocenters. The third kappa shape index (κ3) is 41.4. The standard InChI is InChI=1S/C48H93N2O7P/c1-3-5-7-9-11-13-15-17-19-21-22-23-24-26-28-30-32-34-36-38-40-47(52)46(44-57-58(54,55)56-42-41-49)50-48(53)43-45(51)39-37-35-33-31-29-27-25-20-18-16-14-12-10-8-6-4-2/h27,29-30,32,38,40,45-47,51-52H,3-26,28,31,33-37,39,41-44,49H2,1-2H3,(H,50,53)(H,54,55)/b29-27-,32-30+,40-38+. The highest BCUT2D eigenvalue weighted by atomic mass is 31.2. The lowest BCUT2D eigenvalue weighted by atomic mass is 10.0.